The van der Waals surface area contributed by atoms with Gasteiger partial charge in [0.1, 0.15) is 11.3 Å². The summed E-state index contributed by atoms with van der Waals surface area (Å²) in [6.07, 6.45) is 2.34. The predicted molar refractivity (Wildman–Crippen MR) is 60.9 cm³/mol. The molecule has 78 valence electrons. The van der Waals surface area contributed by atoms with E-state index >= 15 is 0 Å². The van der Waals surface area contributed by atoms with Gasteiger partial charge in [0, 0.05) is 17.3 Å². The van der Waals surface area contributed by atoms with Crippen LogP contribution in [0.2, 0.25) is 0 Å². The van der Waals surface area contributed by atoms with Gasteiger partial charge in [-0.25, -0.2) is 0 Å². The molecule has 2 aromatic rings. The number of fused-ring (bicyclic) bond motifs is 1. The van der Waals surface area contributed by atoms with E-state index in [1.165, 1.54) is 23.8 Å². The van der Waals surface area contributed by atoms with E-state index in [1.807, 2.05) is 12.1 Å². The summed E-state index contributed by atoms with van der Waals surface area (Å²) in [6, 6.07) is 8.20. The Labute approximate surface area is 89.1 Å². The van der Waals surface area contributed by atoms with Crippen LogP contribution in [-0.4, -0.2) is 6.54 Å². The van der Waals surface area contributed by atoms with Crippen LogP contribution < -0.4 is 5.73 Å². The highest BCUT2D eigenvalue weighted by Gasteiger charge is 2.47. The molecule has 1 heterocycles. The maximum atomic E-state index is 5.94. The number of hydrogen-bond donors (Lipinski definition) is 1. The summed E-state index contributed by atoms with van der Waals surface area (Å²) < 4.78 is 5.94. The molecular formula is C13H15NO. The summed E-state index contributed by atoms with van der Waals surface area (Å²) in [5.74, 6) is 1.12. The summed E-state index contributed by atoms with van der Waals surface area (Å²) in [4.78, 5) is 0. The summed E-state index contributed by atoms with van der Waals surface area (Å²) >= 11 is 0. The van der Waals surface area contributed by atoms with Crippen molar-refractivity contribution in [3.05, 3.63) is 35.6 Å². The smallest absolute Gasteiger partial charge is 0.134 e. The first kappa shape index (κ1) is 8.98. The highest BCUT2D eigenvalue weighted by molar-refractivity contribution is 5.82. The minimum Gasteiger partial charge on any atom is -0.460 e. The van der Waals surface area contributed by atoms with Crippen molar-refractivity contribution in [3.8, 4) is 0 Å². The number of nitrogens with two attached hydrogens (primary N) is 1. The second kappa shape index (κ2) is 2.86. The zero-order chi connectivity index (χ0) is 10.5. The largest absolute Gasteiger partial charge is 0.460 e. The normalized spacial score (nSPS) is 18.3. The van der Waals surface area contributed by atoms with E-state index in [9.17, 15) is 0 Å². The van der Waals surface area contributed by atoms with Gasteiger partial charge in [0.15, 0.2) is 0 Å². The zero-order valence-corrected chi connectivity index (χ0v) is 8.92. The Bertz CT molecular complexity index is 508. The van der Waals surface area contributed by atoms with Crippen LogP contribution in [-0.2, 0) is 5.41 Å². The summed E-state index contributed by atoms with van der Waals surface area (Å²) in [5, 5.41) is 1.23. The molecule has 0 spiro atoms. The summed E-state index contributed by atoms with van der Waals surface area (Å²) in [5.41, 5.74) is 8.25. The van der Waals surface area contributed by atoms with E-state index in [0.717, 1.165) is 11.3 Å². The lowest BCUT2D eigenvalue weighted by atomic mass is 9.99. The van der Waals surface area contributed by atoms with Gasteiger partial charge < -0.3 is 10.2 Å². The van der Waals surface area contributed by atoms with Crippen LogP contribution in [0.5, 0.6) is 0 Å². The molecule has 0 aliphatic heterocycles. The molecule has 0 radical (unpaired) electrons. The SMILES string of the molecule is Cc1c(C2(CN)CC2)oc2ccccc12. The second-order valence-corrected chi connectivity index (χ2v) is 4.54. The number of rotatable bonds is 2. The highest BCUT2D eigenvalue weighted by atomic mass is 16.3. The molecule has 2 heteroatoms. The highest BCUT2D eigenvalue weighted by Crippen LogP contribution is 2.50. The Kier molecular flexibility index (Phi) is 1.71. The fourth-order valence-electron chi connectivity index (χ4n) is 2.36. The molecule has 2 N–H and O–H groups in total. The Morgan fingerprint density at radius 2 is 2.07 bits per heavy atom. The van der Waals surface area contributed by atoms with Crippen LogP contribution in [0, 0.1) is 6.92 Å². The van der Waals surface area contributed by atoms with E-state index in [2.05, 4.69) is 19.1 Å². The monoisotopic (exact) mass is 201 g/mol. The minimum atomic E-state index is 0.156. The lowest BCUT2D eigenvalue weighted by Crippen LogP contribution is -2.19. The lowest BCUT2D eigenvalue weighted by molar-refractivity contribution is 0.478. The van der Waals surface area contributed by atoms with Crippen molar-refractivity contribution in [1.29, 1.82) is 0 Å². The van der Waals surface area contributed by atoms with Crippen LogP contribution in [0.3, 0.4) is 0 Å². The molecule has 1 aromatic heterocycles. The van der Waals surface area contributed by atoms with Crippen LogP contribution >= 0.6 is 0 Å². The van der Waals surface area contributed by atoms with E-state index in [1.54, 1.807) is 0 Å². The van der Waals surface area contributed by atoms with Crippen LogP contribution in [0.4, 0.5) is 0 Å². The summed E-state index contributed by atoms with van der Waals surface area (Å²) in [7, 11) is 0. The van der Waals surface area contributed by atoms with Crippen molar-refractivity contribution in [2.45, 2.75) is 25.2 Å². The lowest BCUT2D eigenvalue weighted by Gasteiger charge is -2.09. The maximum Gasteiger partial charge on any atom is 0.134 e. The van der Waals surface area contributed by atoms with Crippen molar-refractivity contribution in [2.24, 2.45) is 5.73 Å². The Balaban J connectivity index is 2.24. The first-order valence-corrected chi connectivity index (χ1v) is 5.45. The molecule has 3 rings (SSSR count). The molecule has 0 unspecified atom stereocenters. The van der Waals surface area contributed by atoms with Crippen molar-refractivity contribution in [3.63, 3.8) is 0 Å². The average Bonchev–Trinajstić information content (AvgIpc) is 3.00. The van der Waals surface area contributed by atoms with Crippen molar-refractivity contribution in [1.82, 2.24) is 0 Å². The van der Waals surface area contributed by atoms with Gasteiger partial charge in [-0.15, -0.1) is 0 Å². The number of aryl methyl sites for hydroxylation is 1. The van der Waals surface area contributed by atoms with Crippen molar-refractivity contribution < 1.29 is 4.42 Å². The Morgan fingerprint density at radius 1 is 1.33 bits per heavy atom. The van der Waals surface area contributed by atoms with E-state index < -0.39 is 0 Å². The molecule has 1 saturated carbocycles. The third-order valence-electron chi connectivity index (χ3n) is 3.57. The topological polar surface area (TPSA) is 39.2 Å². The molecule has 0 amide bonds. The minimum absolute atomic E-state index is 0.156. The van der Waals surface area contributed by atoms with Gasteiger partial charge in [-0.3, -0.25) is 0 Å². The van der Waals surface area contributed by atoms with Crippen molar-refractivity contribution in [2.75, 3.05) is 6.54 Å². The first-order chi connectivity index (χ1) is 7.27. The fourth-order valence-corrected chi connectivity index (χ4v) is 2.36. The molecule has 0 saturated heterocycles. The number of benzene rings is 1. The molecule has 1 aliphatic rings. The average molecular weight is 201 g/mol. The fraction of sp³-hybridized carbons (Fsp3) is 0.385. The van der Waals surface area contributed by atoms with Crippen LogP contribution in [0.15, 0.2) is 28.7 Å². The first-order valence-electron chi connectivity index (χ1n) is 5.45. The number of hydrogen-bond acceptors (Lipinski definition) is 2. The van der Waals surface area contributed by atoms with E-state index in [-0.39, 0.29) is 5.41 Å². The van der Waals surface area contributed by atoms with Crippen LogP contribution in [0.25, 0.3) is 11.0 Å². The maximum absolute atomic E-state index is 5.94. The van der Waals surface area contributed by atoms with Crippen molar-refractivity contribution >= 4 is 11.0 Å². The molecule has 15 heavy (non-hydrogen) atoms. The summed E-state index contributed by atoms with van der Waals surface area (Å²) in [6.45, 7) is 2.84. The number of furan rings is 1. The quantitative estimate of drug-likeness (QED) is 0.811. The molecule has 0 bridgehead atoms. The second-order valence-electron chi connectivity index (χ2n) is 4.54. The molecular weight excluding hydrogens is 186 g/mol. The van der Waals surface area contributed by atoms with Gasteiger partial charge in [0.25, 0.3) is 0 Å². The van der Waals surface area contributed by atoms with E-state index in [4.69, 9.17) is 10.2 Å². The predicted octanol–water partition coefficient (Wildman–Crippen LogP) is 2.73. The van der Waals surface area contributed by atoms with Gasteiger partial charge in [0.05, 0.1) is 0 Å². The molecule has 1 aliphatic carbocycles. The molecule has 1 fully saturated rings. The molecule has 1 aromatic carbocycles. The third kappa shape index (κ3) is 1.15. The van der Waals surface area contributed by atoms with Crippen LogP contribution in [0.1, 0.15) is 24.2 Å². The third-order valence-corrected chi connectivity index (χ3v) is 3.57. The Morgan fingerprint density at radius 3 is 2.67 bits per heavy atom. The van der Waals surface area contributed by atoms with E-state index in [0.29, 0.717) is 6.54 Å². The Hall–Kier alpha value is -1.28. The van der Waals surface area contributed by atoms with Gasteiger partial charge in [-0.1, -0.05) is 18.2 Å². The molecule has 2 nitrogen and oxygen atoms in total. The van der Waals surface area contributed by atoms with Gasteiger partial charge in [-0.2, -0.15) is 0 Å². The van der Waals surface area contributed by atoms with Gasteiger partial charge >= 0.3 is 0 Å². The van der Waals surface area contributed by atoms with Gasteiger partial charge in [0.2, 0.25) is 0 Å². The number of para-hydroxylation sites is 1. The standard InChI is InChI=1S/C13H15NO/c1-9-10-4-2-3-5-11(10)15-12(9)13(8-14)6-7-13/h2-5H,6-8,14H2,1H3. The van der Waals surface area contributed by atoms with Gasteiger partial charge in [-0.05, 0) is 31.4 Å². The molecule has 0 atom stereocenters. The zero-order valence-electron chi connectivity index (χ0n) is 8.92.